The van der Waals surface area contributed by atoms with E-state index in [0.717, 1.165) is 0 Å². The Morgan fingerprint density at radius 2 is 2.44 bits per heavy atom. The second kappa shape index (κ2) is 2.14. The zero-order valence-corrected chi connectivity index (χ0v) is 4.50. The van der Waals surface area contributed by atoms with Gasteiger partial charge in [0.2, 0.25) is 0 Å². The number of nitrogens with zero attached hydrogens (tertiary/aromatic N) is 1. The van der Waals surface area contributed by atoms with E-state index in [4.69, 9.17) is 0 Å². The normalized spacial score (nSPS) is 8.00. The van der Waals surface area contributed by atoms with Crippen molar-refractivity contribution in [2.75, 3.05) is 0 Å². The van der Waals surface area contributed by atoms with Gasteiger partial charge in [-0.05, 0) is 12.1 Å². The van der Waals surface area contributed by atoms with Gasteiger partial charge < -0.3 is 0 Å². The van der Waals surface area contributed by atoms with Crippen LogP contribution < -0.4 is 0 Å². The molecule has 0 spiro atoms. The Hall–Kier alpha value is -1.56. The molecule has 0 amide bonds. The fourth-order valence-corrected chi connectivity index (χ4v) is 0.451. The Kier molecular flexibility index (Phi) is 1.32. The summed E-state index contributed by atoms with van der Waals surface area (Å²) in [6.07, 6.45) is 0. The van der Waals surface area contributed by atoms with Gasteiger partial charge in [0, 0.05) is 12.1 Å². The van der Waals surface area contributed by atoms with Gasteiger partial charge in [-0.15, -0.1) is 0 Å². The van der Waals surface area contributed by atoms with Crippen LogP contribution in [0.25, 0.3) is 0 Å². The van der Waals surface area contributed by atoms with Crippen molar-refractivity contribution in [2.24, 2.45) is 0 Å². The van der Waals surface area contributed by atoms with Gasteiger partial charge in [-0.3, -0.25) is 10.1 Å². The van der Waals surface area contributed by atoms with Gasteiger partial charge in [0.05, 0.1) is 4.92 Å². The molecule has 9 heavy (non-hydrogen) atoms. The monoisotopic (exact) mass is 121 g/mol. The molecule has 3 heteroatoms. The maximum Gasteiger partial charge on any atom is 0.319 e. The fourth-order valence-electron chi connectivity index (χ4n) is 0.451. The van der Waals surface area contributed by atoms with E-state index in [0.29, 0.717) is 0 Å². The summed E-state index contributed by atoms with van der Waals surface area (Å²) in [6, 6.07) is 9.30. The average molecular weight is 121 g/mol. The molecule has 0 aromatic heterocycles. The van der Waals surface area contributed by atoms with Gasteiger partial charge in [0.15, 0.2) is 0 Å². The molecule has 0 fully saturated rings. The second-order valence-corrected chi connectivity index (χ2v) is 1.44. The highest BCUT2D eigenvalue weighted by molar-refractivity contribution is 5.21. The summed E-state index contributed by atoms with van der Waals surface area (Å²) in [5.74, 6) is 0. The van der Waals surface area contributed by atoms with E-state index in [1.807, 2.05) is 0 Å². The average Bonchev–Trinajstić information content (AvgIpc) is 1.90. The molecule has 44 valence electrons. The van der Waals surface area contributed by atoms with Crippen molar-refractivity contribution < 1.29 is 4.92 Å². The molecule has 1 rings (SSSR count). The van der Waals surface area contributed by atoms with Gasteiger partial charge in [-0.25, -0.2) is 0 Å². The topological polar surface area (TPSA) is 43.1 Å². The lowest BCUT2D eigenvalue weighted by atomic mass is 10.4. The summed E-state index contributed by atoms with van der Waals surface area (Å²) < 4.78 is 0. The highest BCUT2D eigenvalue weighted by atomic mass is 16.6. The van der Waals surface area contributed by atoms with Gasteiger partial charge in [-0.1, -0.05) is 6.07 Å². The van der Waals surface area contributed by atoms with Crippen LogP contribution in [0.2, 0.25) is 0 Å². The van der Waals surface area contributed by atoms with E-state index in [1.165, 1.54) is 6.07 Å². The van der Waals surface area contributed by atoms with Crippen molar-refractivity contribution in [1.82, 2.24) is 0 Å². The lowest BCUT2D eigenvalue weighted by molar-refractivity contribution is -0.384. The summed E-state index contributed by atoms with van der Waals surface area (Å²) >= 11 is 0. The number of hydrogen-bond acceptors (Lipinski definition) is 2. The van der Waals surface area contributed by atoms with Crippen LogP contribution in [0.3, 0.4) is 0 Å². The van der Waals surface area contributed by atoms with E-state index in [9.17, 15) is 10.1 Å². The third kappa shape index (κ3) is 1.16. The van der Waals surface area contributed by atoms with Crippen molar-refractivity contribution in [3.8, 4) is 0 Å². The van der Waals surface area contributed by atoms with Crippen LogP contribution in [-0.2, 0) is 0 Å². The number of rotatable bonds is 1. The molecule has 0 atom stereocenters. The molecule has 0 saturated heterocycles. The number of hydrogen-bond donors (Lipinski definition) is 0. The fraction of sp³-hybridized carbons (Fsp3) is 0. The Labute approximate surface area is 52.1 Å². The van der Waals surface area contributed by atoms with Gasteiger partial charge >= 0.3 is 5.69 Å². The van der Waals surface area contributed by atoms with Gasteiger partial charge in [0.25, 0.3) is 0 Å². The zero-order chi connectivity index (χ0) is 6.69. The molecule has 0 unspecified atom stereocenters. The van der Waals surface area contributed by atoms with Crippen LogP contribution in [-0.4, -0.2) is 4.92 Å². The lowest BCUT2D eigenvalue weighted by Gasteiger charge is -1.80. The highest BCUT2D eigenvalue weighted by Crippen LogP contribution is 2.01. The van der Waals surface area contributed by atoms with Crippen LogP contribution in [0, 0.1) is 22.2 Å². The lowest BCUT2D eigenvalue weighted by Crippen LogP contribution is -1.83. The predicted octanol–water partition coefficient (Wildman–Crippen LogP) is 1.20. The minimum Gasteiger partial charge on any atom is -0.258 e. The van der Waals surface area contributed by atoms with Crippen LogP contribution in [0.4, 0.5) is 5.69 Å². The molecule has 0 bridgehead atoms. The zero-order valence-electron chi connectivity index (χ0n) is 4.50. The SMILES string of the molecule is O=[N+]([O-])c1c#cccc1. The van der Waals surface area contributed by atoms with Crippen molar-refractivity contribution >= 4 is 5.69 Å². The van der Waals surface area contributed by atoms with E-state index >= 15 is 0 Å². The summed E-state index contributed by atoms with van der Waals surface area (Å²) in [7, 11) is 0. The van der Waals surface area contributed by atoms with Crippen molar-refractivity contribution in [2.45, 2.75) is 0 Å². The van der Waals surface area contributed by atoms with Crippen LogP contribution in [0.1, 0.15) is 0 Å². The standard InChI is InChI=1S/C6H3NO2/c8-7(9)6-4-2-1-3-5-6/h1-2,4H. The van der Waals surface area contributed by atoms with E-state index < -0.39 is 4.92 Å². The van der Waals surface area contributed by atoms with Crippen LogP contribution in [0.5, 0.6) is 0 Å². The molecule has 1 aromatic rings. The smallest absolute Gasteiger partial charge is 0.258 e. The Morgan fingerprint density at radius 1 is 1.67 bits per heavy atom. The van der Waals surface area contributed by atoms with Gasteiger partial charge in [-0.2, -0.15) is 0 Å². The molecular formula is C6H3NO2. The van der Waals surface area contributed by atoms with Crippen molar-refractivity contribution in [3.63, 3.8) is 0 Å². The maximum absolute atomic E-state index is 9.96. The maximum atomic E-state index is 9.96. The van der Waals surface area contributed by atoms with E-state index in [1.54, 1.807) is 12.1 Å². The Bertz CT molecular complexity index is 208. The molecule has 1 aromatic carbocycles. The molecular weight excluding hydrogens is 118 g/mol. The first-order valence-corrected chi connectivity index (χ1v) is 2.33. The van der Waals surface area contributed by atoms with Gasteiger partial charge in [0.1, 0.15) is 0 Å². The third-order valence-electron chi connectivity index (χ3n) is 0.831. The van der Waals surface area contributed by atoms with Crippen molar-refractivity contribution in [3.05, 3.63) is 40.4 Å². The molecule has 0 aliphatic rings. The molecule has 0 aliphatic heterocycles. The summed E-state index contributed by atoms with van der Waals surface area (Å²) in [5, 5.41) is 9.96. The minimum atomic E-state index is -0.503. The first kappa shape index (κ1) is 5.57. The number of nitro groups is 1. The molecule has 0 aliphatic carbocycles. The summed E-state index contributed by atoms with van der Waals surface area (Å²) in [5.41, 5.74) is -0.0440. The molecule has 0 radical (unpaired) electrons. The summed E-state index contributed by atoms with van der Waals surface area (Å²) in [6.45, 7) is 0. The predicted molar refractivity (Wildman–Crippen MR) is 30.8 cm³/mol. The molecule has 0 heterocycles. The molecule has 0 saturated carbocycles. The molecule has 0 N–H and O–H groups in total. The quantitative estimate of drug-likeness (QED) is 0.413. The Balaban J connectivity index is 2.98. The minimum absolute atomic E-state index is 0.0440. The largest absolute Gasteiger partial charge is 0.319 e. The third-order valence-corrected chi connectivity index (χ3v) is 0.831. The van der Waals surface area contributed by atoms with Crippen molar-refractivity contribution in [1.29, 1.82) is 0 Å². The first-order chi connectivity index (χ1) is 4.30. The Morgan fingerprint density at radius 3 is 2.78 bits per heavy atom. The van der Waals surface area contributed by atoms with Crippen LogP contribution in [0.15, 0.2) is 18.2 Å². The molecule has 3 nitrogen and oxygen atoms in total. The van der Waals surface area contributed by atoms with E-state index in [-0.39, 0.29) is 5.69 Å². The van der Waals surface area contributed by atoms with Crippen LogP contribution >= 0.6 is 0 Å². The summed E-state index contributed by atoms with van der Waals surface area (Å²) in [4.78, 5) is 9.45. The highest BCUT2D eigenvalue weighted by Gasteiger charge is 1.98. The van der Waals surface area contributed by atoms with E-state index in [2.05, 4.69) is 12.1 Å². The first-order valence-electron chi connectivity index (χ1n) is 2.33. The second-order valence-electron chi connectivity index (χ2n) is 1.44.